The normalized spacial score (nSPS) is 19.7. The molecule has 1 fully saturated rings. The van der Waals surface area contributed by atoms with E-state index in [0.717, 1.165) is 31.0 Å². The predicted octanol–water partition coefficient (Wildman–Crippen LogP) is 1.05. The fourth-order valence-corrected chi connectivity index (χ4v) is 2.27. The van der Waals surface area contributed by atoms with Gasteiger partial charge in [0.15, 0.2) is 5.82 Å². The largest absolute Gasteiger partial charge is 0.316 e. The Morgan fingerprint density at radius 3 is 3.12 bits per heavy atom. The third kappa shape index (κ3) is 1.93. The molecule has 17 heavy (non-hydrogen) atoms. The molecule has 1 aromatic carbocycles. The van der Waals surface area contributed by atoms with Crippen LogP contribution in [0, 0.1) is 6.92 Å². The lowest BCUT2D eigenvalue weighted by Gasteiger charge is -2.09. The molecule has 5 nitrogen and oxygen atoms in total. The average Bonchev–Trinajstić information content (AvgIpc) is 3.00. The quantitative estimate of drug-likeness (QED) is 0.836. The van der Waals surface area contributed by atoms with Crippen LogP contribution in [0.15, 0.2) is 24.3 Å². The number of nitrogens with one attached hydrogen (secondary N) is 1. The van der Waals surface area contributed by atoms with E-state index in [4.69, 9.17) is 0 Å². The number of hydrogen-bond donors (Lipinski definition) is 1. The van der Waals surface area contributed by atoms with E-state index in [0.29, 0.717) is 5.92 Å². The van der Waals surface area contributed by atoms with E-state index in [1.165, 1.54) is 5.56 Å². The predicted molar refractivity (Wildman–Crippen MR) is 64.1 cm³/mol. The number of hydrogen-bond acceptors (Lipinski definition) is 4. The Morgan fingerprint density at radius 1 is 1.41 bits per heavy atom. The number of rotatable bonds is 2. The first-order valence-corrected chi connectivity index (χ1v) is 5.90. The zero-order valence-corrected chi connectivity index (χ0v) is 9.80. The average molecular weight is 229 g/mol. The summed E-state index contributed by atoms with van der Waals surface area (Å²) in [5, 5.41) is 15.4. The third-order valence-corrected chi connectivity index (χ3v) is 3.17. The van der Waals surface area contributed by atoms with Gasteiger partial charge in [-0.05, 0) is 48.0 Å². The van der Waals surface area contributed by atoms with E-state index in [2.05, 4.69) is 39.9 Å². The summed E-state index contributed by atoms with van der Waals surface area (Å²) in [5.41, 5.74) is 2.25. The van der Waals surface area contributed by atoms with Crippen molar-refractivity contribution in [1.82, 2.24) is 25.5 Å². The van der Waals surface area contributed by atoms with Crippen LogP contribution in [0.5, 0.6) is 0 Å². The Hall–Kier alpha value is -1.75. The van der Waals surface area contributed by atoms with Crippen molar-refractivity contribution in [2.24, 2.45) is 0 Å². The van der Waals surface area contributed by atoms with Crippen molar-refractivity contribution in [1.29, 1.82) is 0 Å². The van der Waals surface area contributed by atoms with Crippen molar-refractivity contribution in [2.75, 3.05) is 13.1 Å². The highest BCUT2D eigenvalue weighted by Crippen LogP contribution is 2.21. The summed E-state index contributed by atoms with van der Waals surface area (Å²) < 4.78 is 1.85. The topological polar surface area (TPSA) is 55.6 Å². The van der Waals surface area contributed by atoms with Crippen LogP contribution in [0.2, 0.25) is 0 Å². The molecular formula is C12H15N5. The van der Waals surface area contributed by atoms with Gasteiger partial charge < -0.3 is 5.32 Å². The minimum Gasteiger partial charge on any atom is -0.316 e. The second kappa shape index (κ2) is 4.25. The van der Waals surface area contributed by atoms with Crippen molar-refractivity contribution in [3.8, 4) is 5.69 Å². The molecule has 3 rings (SSSR count). The van der Waals surface area contributed by atoms with Gasteiger partial charge in [-0.15, -0.1) is 5.10 Å². The van der Waals surface area contributed by atoms with E-state index < -0.39 is 0 Å². The molecule has 1 aliphatic heterocycles. The number of benzene rings is 1. The van der Waals surface area contributed by atoms with Gasteiger partial charge in [-0.2, -0.15) is 4.68 Å². The molecule has 0 amide bonds. The van der Waals surface area contributed by atoms with Crippen LogP contribution in [-0.2, 0) is 0 Å². The molecule has 0 aliphatic carbocycles. The second-order valence-corrected chi connectivity index (χ2v) is 4.48. The molecule has 0 spiro atoms. The smallest absolute Gasteiger partial charge is 0.161 e. The van der Waals surface area contributed by atoms with E-state index in [1.807, 2.05) is 16.8 Å². The Labute approximate surface area is 99.8 Å². The summed E-state index contributed by atoms with van der Waals surface area (Å²) in [5.74, 6) is 1.38. The van der Waals surface area contributed by atoms with Crippen molar-refractivity contribution in [3.05, 3.63) is 35.7 Å². The van der Waals surface area contributed by atoms with Gasteiger partial charge in [0.2, 0.25) is 0 Å². The lowest BCUT2D eigenvalue weighted by molar-refractivity contribution is 0.663. The lowest BCUT2D eigenvalue weighted by Crippen LogP contribution is -2.12. The van der Waals surface area contributed by atoms with Crippen LogP contribution < -0.4 is 5.32 Å². The molecule has 2 aromatic rings. The van der Waals surface area contributed by atoms with Gasteiger partial charge in [-0.1, -0.05) is 12.1 Å². The molecule has 1 aliphatic rings. The highest BCUT2D eigenvalue weighted by atomic mass is 15.5. The first-order chi connectivity index (χ1) is 8.34. The Bertz CT molecular complexity index is 513. The number of aryl methyl sites for hydroxylation is 1. The van der Waals surface area contributed by atoms with Gasteiger partial charge in [0.05, 0.1) is 5.69 Å². The summed E-state index contributed by atoms with van der Waals surface area (Å²) in [6.45, 7) is 4.09. The summed E-state index contributed by atoms with van der Waals surface area (Å²) >= 11 is 0. The van der Waals surface area contributed by atoms with Crippen molar-refractivity contribution < 1.29 is 0 Å². The van der Waals surface area contributed by atoms with E-state index in [9.17, 15) is 0 Å². The van der Waals surface area contributed by atoms with E-state index in [1.54, 1.807) is 0 Å². The molecule has 88 valence electrons. The first-order valence-electron chi connectivity index (χ1n) is 5.90. The zero-order chi connectivity index (χ0) is 11.7. The summed E-state index contributed by atoms with van der Waals surface area (Å²) in [6, 6.07) is 8.24. The van der Waals surface area contributed by atoms with Crippen LogP contribution in [-0.4, -0.2) is 33.3 Å². The zero-order valence-electron chi connectivity index (χ0n) is 9.80. The van der Waals surface area contributed by atoms with Crippen molar-refractivity contribution in [3.63, 3.8) is 0 Å². The highest BCUT2D eigenvalue weighted by Gasteiger charge is 2.23. The fraction of sp³-hybridized carbons (Fsp3) is 0.417. The van der Waals surface area contributed by atoms with Crippen LogP contribution in [0.25, 0.3) is 5.69 Å². The molecule has 1 aromatic heterocycles. The number of aromatic nitrogens is 4. The van der Waals surface area contributed by atoms with Gasteiger partial charge in [-0.25, -0.2) is 0 Å². The van der Waals surface area contributed by atoms with Crippen LogP contribution in [0.1, 0.15) is 23.7 Å². The molecular weight excluding hydrogens is 214 g/mol. The summed E-state index contributed by atoms with van der Waals surface area (Å²) in [7, 11) is 0. The molecule has 1 unspecified atom stereocenters. The van der Waals surface area contributed by atoms with Crippen LogP contribution >= 0.6 is 0 Å². The fourth-order valence-electron chi connectivity index (χ4n) is 2.27. The highest BCUT2D eigenvalue weighted by molar-refractivity contribution is 5.35. The third-order valence-electron chi connectivity index (χ3n) is 3.17. The molecule has 0 saturated carbocycles. The molecule has 2 heterocycles. The van der Waals surface area contributed by atoms with Gasteiger partial charge >= 0.3 is 0 Å². The maximum Gasteiger partial charge on any atom is 0.161 e. The summed E-state index contributed by atoms with van der Waals surface area (Å²) in [4.78, 5) is 0. The molecule has 0 radical (unpaired) electrons. The monoisotopic (exact) mass is 229 g/mol. The molecule has 1 saturated heterocycles. The SMILES string of the molecule is Cc1cccc(-n2nnnc2C2CCNC2)c1. The van der Waals surface area contributed by atoms with Crippen LogP contribution in [0.4, 0.5) is 0 Å². The Morgan fingerprint density at radius 2 is 2.35 bits per heavy atom. The maximum absolute atomic E-state index is 4.17. The molecule has 5 heteroatoms. The minimum absolute atomic E-state index is 0.422. The summed E-state index contributed by atoms with van der Waals surface area (Å²) in [6.07, 6.45) is 1.10. The lowest BCUT2D eigenvalue weighted by atomic mass is 10.1. The number of nitrogens with zero attached hydrogens (tertiary/aromatic N) is 4. The van der Waals surface area contributed by atoms with Crippen molar-refractivity contribution >= 4 is 0 Å². The van der Waals surface area contributed by atoms with Crippen molar-refractivity contribution in [2.45, 2.75) is 19.3 Å². The van der Waals surface area contributed by atoms with E-state index >= 15 is 0 Å². The number of tetrazole rings is 1. The molecule has 1 N–H and O–H groups in total. The molecule has 0 bridgehead atoms. The van der Waals surface area contributed by atoms with Gasteiger partial charge in [0.1, 0.15) is 0 Å². The van der Waals surface area contributed by atoms with E-state index in [-0.39, 0.29) is 0 Å². The molecule has 1 atom stereocenters. The minimum atomic E-state index is 0.422. The Balaban J connectivity index is 2.00. The van der Waals surface area contributed by atoms with Gasteiger partial charge in [-0.3, -0.25) is 0 Å². The van der Waals surface area contributed by atoms with Gasteiger partial charge in [0, 0.05) is 12.5 Å². The van der Waals surface area contributed by atoms with Gasteiger partial charge in [0.25, 0.3) is 0 Å². The Kier molecular flexibility index (Phi) is 2.60. The maximum atomic E-state index is 4.17. The van der Waals surface area contributed by atoms with Crippen LogP contribution in [0.3, 0.4) is 0 Å². The second-order valence-electron chi connectivity index (χ2n) is 4.48. The standard InChI is InChI=1S/C12H15N5/c1-9-3-2-4-11(7-9)17-12(14-15-16-17)10-5-6-13-8-10/h2-4,7,10,13H,5-6,8H2,1H3. The first kappa shape index (κ1) is 10.4.